The molecule has 0 spiro atoms. The Morgan fingerprint density at radius 3 is 2.58 bits per heavy atom. The first kappa shape index (κ1) is 21.4. The van der Waals surface area contributed by atoms with Crippen LogP contribution in [0, 0.1) is 0 Å². The smallest absolute Gasteiger partial charge is 0.251 e. The van der Waals surface area contributed by atoms with Gasteiger partial charge >= 0.3 is 0 Å². The highest BCUT2D eigenvalue weighted by Crippen LogP contribution is 2.19. The van der Waals surface area contributed by atoms with E-state index in [1.807, 2.05) is 28.8 Å². The molecule has 0 radical (unpaired) electrons. The van der Waals surface area contributed by atoms with Crippen molar-refractivity contribution < 1.29 is 9.59 Å². The van der Waals surface area contributed by atoms with Gasteiger partial charge in [0.2, 0.25) is 5.91 Å². The lowest BCUT2D eigenvalue weighted by Crippen LogP contribution is -2.35. The molecule has 1 aliphatic rings. The molecule has 1 aliphatic carbocycles. The van der Waals surface area contributed by atoms with Crippen LogP contribution in [0.25, 0.3) is 11.0 Å². The van der Waals surface area contributed by atoms with Gasteiger partial charge in [-0.3, -0.25) is 9.59 Å². The van der Waals surface area contributed by atoms with Crippen molar-refractivity contribution in [3.05, 3.63) is 64.9 Å². The lowest BCUT2D eigenvalue weighted by Gasteiger charge is -2.14. The first-order valence-electron chi connectivity index (χ1n) is 10.9. The Kier molecular flexibility index (Phi) is 6.87. The fourth-order valence-electron chi connectivity index (χ4n) is 4.13. The minimum absolute atomic E-state index is 0.0346. The van der Waals surface area contributed by atoms with Gasteiger partial charge in [0.1, 0.15) is 12.4 Å². The van der Waals surface area contributed by atoms with Gasteiger partial charge in [-0.05, 0) is 55.7 Å². The summed E-state index contributed by atoms with van der Waals surface area (Å²) >= 11 is 5.87. The Bertz CT molecular complexity index is 1060. The van der Waals surface area contributed by atoms with Crippen LogP contribution in [-0.2, 0) is 17.8 Å². The molecule has 7 heteroatoms. The fraction of sp³-hybridized carbons (Fsp3) is 0.375. The predicted molar refractivity (Wildman–Crippen MR) is 122 cm³/mol. The van der Waals surface area contributed by atoms with Crippen molar-refractivity contribution in [3.8, 4) is 0 Å². The second-order valence-electron chi connectivity index (χ2n) is 8.02. The number of carbonyl (C=O) groups excluding carboxylic acids is 2. The molecular weight excluding hydrogens is 412 g/mol. The van der Waals surface area contributed by atoms with Gasteiger partial charge in [0.05, 0.1) is 11.0 Å². The van der Waals surface area contributed by atoms with Crippen LogP contribution in [0.5, 0.6) is 0 Å². The first-order chi connectivity index (χ1) is 15.1. The van der Waals surface area contributed by atoms with E-state index in [9.17, 15) is 9.59 Å². The van der Waals surface area contributed by atoms with Crippen LogP contribution in [0.2, 0.25) is 5.02 Å². The number of halogens is 1. The molecule has 31 heavy (non-hydrogen) atoms. The zero-order valence-electron chi connectivity index (χ0n) is 17.4. The number of hydrogen-bond donors (Lipinski definition) is 2. The maximum Gasteiger partial charge on any atom is 0.251 e. The second kappa shape index (κ2) is 9.96. The molecule has 2 amide bonds. The number of carbonyl (C=O) groups is 2. The SMILES string of the molecule is O=C(Cn1c(CCCNC(=O)c2ccc(Cl)cc2)nc2ccccc21)NC1CCCC1. The van der Waals surface area contributed by atoms with Crippen molar-refractivity contribution in [2.45, 2.75) is 51.1 Å². The van der Waals surface area contributed by atoms with Gasteiger partial charge in [0.15, 0.2) is 0 Å². The van der Waals surface area contributed by atoms with Crippen molar-refractivity contribution in [2.75, 3.05) is 6.54 Å². The maximum absolute atomic E-state index is 12.6. The van der Waals surface area contributed by atoms with Gasteiger partial charge in [0, 0.05) is 29.6 Å². The average Bonchev–Trinajstić information content (AvgIpc) is 3.40. The number of rotatable bonds is 8. The number of amides is 2. The average molecular weight is 439 g/mol. The molecule has 0 aliphatic heterocycles. The number of fused-ring (bicyclic) bond motifs is 1. The number of aromatic nitrogens is 2. The highest BCUT2D eigenvalue weighted by Gasteiger charge is 2.19. The van der Waals surface area contributed by atoms with Crippen LogP contribution >= 0.6 is 11.6 Å². The molecule has 1 heterocycles. The molecule has 1 aromatic heterocycles. The summed E-state index contributed by atoms with van der Waals surface area (Å²) in [6, 6.07) is 15.0. The number of para-hydroxylation sites is 2. The van der Waals surface area contributed by atoms with Gasteiger partial charge in [-0.15, -0.1) is 0 Å². The Hall–Kier alpha value is -2.86. The Balaban J connectivity index is 1.37. The minimum atomic E-state index is -0.124. The normalized spacial score (nSPS) is 14.1. The molecule has 1 saturated carbocycles. The van der Waals surface area contributed by atoms with Gasteiger partial charge in [0.25, 0.3) is 5.91 Å². The molecule has 0 bridgehead atoms. The molecule has 3 aromatic rings. The van der Waals surface area contributed by atoms with Crippen molar-refractivity contribution in [1.82, 2.24) is 20.2 Å². The largest absolute Gasteiger partial charge is 0.352 e. The van der Waals surface area contributed by atoms with Crippen molar-refractivity contribution in [1.29, 1.82) is 0 Å². The topological polar surface area (TPSA) is 76.0 Å². The van der Waals surface area contributed by atoms with E-state index >= 15 is 0 Å². The van der Waals surface area contributed by atoms with Crippen LogP contribution < -0.4 is 10.6 Å². The molecule has 2 N–H and O–H groups in total. The first-order valence-corrected chi connectivity index (χ1v) is 11.3. The number of nitrogens with zero attached hydrogens (tertiary/aromatic N) is 2. The summed E-state index contributed by atoms with van der Waals surface area (Å²) in [5.74, 6) is 0.775. The Labute approximate surface area is 187 Å². The molecule has 6 nitrogen and oxygen atoms in total. The van der Waals surface area contributed by atoms with E-state index in [-0.39, 0.29) is 18.4 Å². The van der Waals surface area contributed by atoms with E-state index in [2.05, 4.69) is 10.6 Å². The number of aryl methyl sites for hydroxylation is 1. The summed E-state index contributed by atoms with van der Waals surface area (Å²) < 4.78 is 2.00. The van der Waals surface area contributed by atoms with Crippen LogP contribution in [0.1, 0.15) is 48.3 Å². The van der Waals surface area contributed by atoms with Gasteiger partial charge < -0.3 is 15.2 Å². The monoisotopic (exact) mass is 438 g/mol. The molecule has 4 rings (SSSR count). The zero-order valence-corrected chi connectivity index (χ0v) is 18.2. The molecule has 0 saturated heterocycles. The van der Waals surface area contributed by atoms with E-state index in [0.717, 1.165) is 36.1 Å². The maximum atomic E-state index is 12.6. The van der Waals surface area contributed by atoms with E-state index in [1.165, 1.54) is 12.8 Å². The van der Waals surface area contributed by atoms with Gasteiger partial charge in [-0.1, -0.05) is 36.6 Å². The Morgan fingerprint density at radius 2 is 1.81 bits per heavy atom. The van der Waals surface area contributed by atoms with Gasteiger partial charge in [-0.25, -0.2) is 4.98 Å². The quantitative estimate of drug-likeness (QED) is 0.519. The third-order valence-electron chi connectivity index (χ3n) is 5.72. The summed E-state index contributed by atoms with van der Waals surface area (Å²) in [5.41, 5.74) is 2.43. The zero-order chi connectivity index (χ0) is 21.6. The van der Waals surface area contributed by atoms with Crippen LogP contribution in [0.3, 0.4) is 0 Å². The fourth-order valence-corrected chi connectivity index (χ4v) is 4.26. The molecule has 2 aromatic carbocycles. The van der Waals surface area contributed by atoms with Crippen molar-refractivity contribution >= 4 is 34.4 Å². The summed E-state index contributed by atoms with van der Waals surface area (Å²) in [4.78, 5) is 29.6. The number of imidazole rings is 1. The molecule has 0 unspecified atom stereocenters. The van der Waals surface area contributed by atoms with E-state index in [1.54, 1.807) is 24.3 Å². The molecule has 1 fully saturated rings. The van der Waals surface area contributed by atoms with Gasteiger partial charge in [-0.2, -0.15) is 0 Å². The summed E-state index contributed by atoms with van der Waals surface area (Å²) in [7, 11) is 0. The lowest BCUT2D eigenvalue weighted by molar-refractivity contribution is -0.122. The minimum Gasteiger partial charge on any atom is -0.352 e. The van der Waals surface area contributed by atoms with E-state index < -0.39 is 0 Å². The predicted octanol–water partition coefficient (Wildman–Crippen LogP) is 4.11. The third-order valence-corrected chi connectivity index (χ3v) is 5.98. The number of hydrogen-bond acceptors (Lipinski definition) is 3. The van der Waals surface area contributed by atoms with E-state index in [0.29, 0.717) is 29.6 Å². The standard InChI is InChI=1S/C24H27ClN4O2/c25-18-13-11-17(12-14-18)24(31)26-15-5-10-22-28-20-8-3-4-9-21(20)29(22)16-23(30)27-19-6-1-2-7-19/h3-4,8-9,11-14,19H,1-2,5-7,10,15-16H2,(H,26,31)(H,27,30). The third kappa shape index (κ3) is 5.44. The van der Waals surface area contributed by atoms with Crippen molar-refractivity contribution in [2.24, 2.45) is 0 Å². The molecule has 0 atom stereocenters. The lowest BCUT2D eigenvalue weighted by atomic mass is 10.2. The molecular formula is C24H27ClN4O2. The molecule has 162 valence electrons. The number of benzene rings is 2. The Morgan fingerprint density at radius 1 is 1.06 bits per heavy atom. The summed E-state index contributed by atoms with van der Waals surface area (Å²) in [6.07, 6.45) is 5.91. The van der Waals surface area contributed by atoms with Crippen LogP contribution in [-0.4, -0.2) is 34.0 Å². The van der Waals surface area contributed by atoms with E-state index in [4.69, 9.17) is 16.6 Å². The van der Waals surface area contributed by atoms with Crippen molar-refractivity contribution in [3.63, 3.8) is 0 Å². The highest BCUT2D eigenvalue weighted by molar-refractivity contribution is 6.30. The second-order valence-corrected chi connectivity index (χ2v) is 8.45. The summed E-state index contributed by atoms with van der Waals surface area (Å²) in [5, 5.41) is 6.70. The summed E-state index contributed by atoms with van der Waals surface area (Å²) in [6.45, 7) is 0.794. The van der Waals surface area contributed by atoms with Crippen LogP contribution in [0.4, 0.5) is 0 Å². The highest BCUT2D eigenvalue weighted by atomic mass is 35.5. The number of nitrogens with one attached hydrogen (secondary N) is 2. The van der Waals surface area contributed by atoms with Crippen LogP contribution in [0.15, 0.2) is 48.5 Å².